The topological polar surface area (TPSA) is 63.3 Å². The average molecular weight is 303 g/mol. The summed E-state index contributed by atoms with van der Waals surface area (Å²) in [7, 11) is 0. The second kappa shape index (κ2) is 6.04. The number of carboxylic acid groups (broad SMARTS) is 1. The second-order valence-corrected chi connectivity index (χ2v) is 4.14. The van der Waals surface area contributed by atoms with Crippen molar-refractivity contribution in [3.63, 3.8) is 0 Å². The molecule has 106 valence electrons. The fourth-order valence-corrected chi connectivity index (χ4v) is 1.72. The van der Waals surface area contributed by atoms with Gasteiger partial charge in [-0.3, -0.25) is 0 Å². The Hall–Kier alpha value is -1.58. The number of nitrogens with zero attached hydrogens (tertiary/aromatic N) is 1. The van der Waals surface area contributed by atoms with E-state index in [1.807, 2.05) is 0 Å². The van der Waals surface area contributed by atoms with E-state index in [1.54, 1.807) is 0 Å². The summed E-state index contributed by atoms with van der Waals surface area (Å²) in [5, 5.41) is 8.00. The van der Waals surface area contributed by atoms with Crippen molar-refractivity contribution >= 4 is 17.7 Å². The molecule has 0 aliphatic heterocycles. The predicted molar refractivity (Wildman–Crippen MR) is 54.1 cm³/mol. The van der Waals surface area contributed by atoms with E-state index in [2.05, 4.69) is 9.40 Å². The molecule has 1 heterocycles. The van der Waals surface area contributed by atoms with Crippen molar-refractivity contribution in [2.45, 2.75) is 17.8 Å². The Morgan fingerprint density at radius 2 is 2.05 bits per heavy atom. The number of carboxylic acids is 1. The number of carbonyl (C=O) groups is 1. The molecule has 1 rings (SSSR count). The van der Waals surface area contributed by atoms with Crippen molar-refractivity contribution in [3.05, 3.63) is 23.6 Å². The van der Waals surface area contributed by atoms with Gasteiger partial charge in [-0.05, 0) is 12.5 Å². The number of rotatable bonds is 5. The van der Waals surface area contributed by atoms with Gasteiger partial charge in [-0.25, -0.2) is 4.79 Å². The first-order valence-corrected chi connectivity index (χ1v) is 5.65. The molecule has 1 aromatic heterocycles. The first-order chi connectivity index (χ1) is 8.71. The fraction of sp³-hybridized carbons (Fsp3) is 0.333. The summed E-state index contributed by atoms with van der Waals surface area (Å²) in [6, 6.07) is 0. The minimum Gasteiger partial charge on any atom is -0.475 e. The molecule has 0 saturated carbocycles. The minimum absolute atomic E-state index is 0.0196. The highest BCUT2D eigenvalue weighted by Gasteiger charge is 2.41. The van der Waals surface area contributed by atoms with Gasteiger partial charge in [0.05, 0.1) is 0 Å². The summed E-state index contributed by atoms with van der Waals surface area (Å²) in [6.45, 7) is 0. The van der Waals surface area contributed by atoms with Crippen LogP contribution in [0.3, 0.4) is 0 Å². The number of halogens is 5. The molecule has 10 heteroatoms. The van der Waals surface area contributed by atoms with Crippen LogP contribution in [0.4, 0.5) is 22.0 Å². The van der Waals surface area contributed by atoms with E-state index in [4.69, 9.17) is 5.11 Å². The van der Waals surface area contributed by atoms with Crippen LogP contribution >= 0.6 is 11.8 Å². The van der Waals surface area contributed by atoms with Crippen molar-refractivity contribution in [2.24, 2.45) is 0 Å². The number of allylic oxidation sites excluding steroid dienone is 1. The van der Waals surface area contributed by atoms with Gasteiger partial charge in [0.2, 0.25) is 5.76 Å². The van der Waals surface area contributed by atoms with Gasteiger partial charge in [0.1, 0.15) is 0 Å². The highest BCUT2D eigenvalue weighted by molar-refractivity contribution is 7.99. The maximum absolute atomic E-state index is 12.4. The molecule has 0 aromatic carbocycles. The SMILES string of the molecule is O=C(O)c1oc(SCCC=C(F)F)nc1C(F)(F)F. The zero-order valence-corrected chi connectivity index (χ0v) is 9.82. The molecule has 1 N–H and O–H groups in total. The molecule has 0 atom stereocenters. The Morgan fingerprint density at radius 3 is 2.47 bits per heavy atom. The molecule has 1 aromatic rings. The summed E-state index contributed by atoms with van der Waals surface area (Å²) in [6.07, 6.45) is -6.39. The van der Waals surface area contributed by atoms with Crippen LogP contribution in [0.15, 0.2) is 21.8 Å². The van der Waals surface area contributed by atoms with Crippen molar-refractivity contribution in [3.8, 4) is 0 Å². The third-order valence-electron chi connectivity index (χ3n) is 1.71. The number of alkyl halides is 3. The van der Waals surface area contributed by atoms with Crippen LogP contribution in [0.2, 0.25) is 0 Å². The van der Waals surface area contributed by atoms with E-state index in [9.17, 15) is 26.7 Å². The van der Waals surface area contributed by atoms with Gasteiger partial charge in [-0.2, -0.15) is 26.9 Å². The summed E-state index contributed by atoms with van der Waals surface area (Å²) >= 11 is 0.612. The van der Waals surface area contributed by atoms with Gasteiger partial charge in [-0.15, -0.1) is 0 Å². The molecule has 0 unspecified atom stereocenters. The minimum atomic E-state index is -4.96. The maximum atomic E-state index is 12.4. The van der Waals surface area contributed by atoms with Crippen LogP contribution in [-0.4, -0.2) is 21.8 Å². The molecule has 0 aliphatic rings. The number of aromatic nitrogens is 1. The molecule has 19 heavy (non-hydrogen) atoms. The normalized spacial score (nSPS) is 11.4. The van der Waals surface area contributed by atoms with Gasteiger partial charge in [0.25, 0.3) is 11.3 Å². The summed E-state index contributed by atoms with van der Waals surface area (Å²) in [5.41, 5.74) is -1.64. The molecule has 0 amide bonds. The molecule has 0 fully saturated rings. The lowest BCUT2D eigenvalue weighted by Gasteiger charge is -2.00. The lowest BCUT2D eigenvalue weighted by atomic mass is 10.3. The van der Waals surface area contributed by atoms with Crippen molar-refractivity contribution in [1.29, 1.82) is 0 Å². The molecule has 0 spiro atoms. The highest BCUT2D eigenvalue weighted by atomic mass is 32.2. The number of aromatic carboxylic acids is 1. The van der Waals surface area contributed by atoms with Crippen molar-refractivity contribution in [2.75, 3.05) is 5.75 Å². The molecule has 0 saturated heterocycles. The van der Waals surface area contributed by atoms with E-state index in [0.717, 1.165) is 0 Å². The molecule has 0 bridgehead atoms. The largest absolute Gasteiger partial charge is 0.475 e. The number of hydrogen-bond donors (Lipinski definition) is 1. The highest BCUT2D eigenvalue weighted by Crippen LogP contribution is 2.34. The smallest absolute Gasteiger partial charge is 0.437 e. The van der Waals surface area contributed by atoms with Crippen LogP contribution in [0.1, 0.15) is 22.7 Å². The van der Waals surface area contributed by atoms with Gasteiger partial charge in [0.15, 0.2) is 5.69 Å². The quantitative estimate of drug-likeness (QED) is 0.511. The lowest BCUT2D eigenvalue weighted by Crippen LogP contribution is -2.11. The maximum Gasteiger partial charge on any atom is 0.437 e. The van der Waals surface area contributed by atoms with Crippen LogP contribution < -0.4 is 0 Å². The Balaban J connectivity index is 2.81. The van der Waals surface area contributed by atoms with Crippen LogP contribution in [0.25, 0.3) is 0 Å². The van der Waals surface area contributed by atoms with Gasteiger partial charge in [0, 0.05) is 5.75 Å². The molecule has 4 nitrogen and oxygen atoms in total. The van der Waals surface area contributed by atoms with E-state index in [0.29, 0.717) is 17.8 Å². The molecule has 0 radical (unpaired) electrons. The zero-order valence-electron chi connectivity index (χ0n) is 9.00. The average Bonchev–Trinajstić information content (AvgIpc) is 2.68. The van der Waals surface area contributed by atoms with E-state index in [-0.39, 0.29) is 12.2 Å². The third kappa shape index (κ3) is 4.54. The monoisotopic (exact) mass is 303 g/mol. The number of oxazole rings is 1. The van der Waals surface area contributed by atoms with E-state index < -0.39 is 34.9 Å². The molecular formula is C9H6F5NO3S. The van der Waals surface area contributed by atoms with Gasteiger partial charge < -0.3 is 9.52 Å². The summed E-state index contributed by atoms with van der Waals surface area (Å²) in [5.74, 6) is -3.24. The Labute approximate surface area is 107 Å². The van der Waals surface area contributed by atoms with Crippen LogP contribution in [0, 0.1) is 0 Å². The van der Waals surface area contributed by atoms with Crippen LogP contribution in [-0.2, 0) is 6.18 Å². The van der Waals surface area contributed by atoms with Gasteiger partial charge in [-0.1, -0.05) is 11.8 Å². The van der Waals surface area contributed by atoms with Gasteiger partial charge >= 0.3 is 12.1 Å². The Morgan fingerprint density at radius 1 is 1.42 bits per heavy atom. The molecule has 0 aliphatic carbocycles. The predicted octanol–water partition coefficient (Wildman–Crippen LogP) is 3.65. The third-order valence-corrected chi connectivity index (χ3v) is 2.57. The van der Waals surface area contributed by atoms with E-state index >= 15 is 0 Å². The Bertz CT molecular complexity index is 493. The number of thioether (sulfide) groups is 1. The first kappa shape index (κ1) is 15.5. The first-order valence-electron chi connectivity index (χ1n) is 4.67. The summed E-state index contributed by atoms with van der Waals surface area (Å²) in [4.78, 5) is 13.6. The fourth-order valence-electron chi connectivity index (χ4n) is 1.01. The Kier molecular flexibility index (Phi) is 4.92. The lowest BCUT2D eigenvalue weighted by molar-refractivity contribution is -0.141. The summed E-state index contributed by atoms with van der Waals surface area (Å²) < 4.78 is 65.0. The number of hydrogen-bond acceptors (Lipinski definition) is 4. The van der Waals surface area contributed by atoms with Crippen molar-refractivity contribution < 1.29 is 36.3 Å². The zero-order chi connectivity index (χ0) is 14.6. The molecular weight excluding hydrogens is 297 g/mol. The standard InChI is InChI=1S/C9H6F5NO3S/c10-4(11)2-1-3-19-8-15-6(9(12,13)14)5(18-8)7(16)17/h2H,1,3H2,(H,16,17). The second-order valence-electron chi connectivity index (χ2n) is 3.09. The van der Waals surface area contributed by atoms with Crippen LogP contribution in [0.5, 0.6) is 0 Å². The van der Waals surface area contributed by atoms with E-state index in [1.165, 1.54) is 0 Å². The van der Waals surface area contributed by atoms with Crippen molar-refractivity contribution in [1.82, 2.24) is 4.98 Å².